The van der Waals surface area contributed by atoms with Crippen molar-refractivity contribution >= 4 is 48.9 Å². The van der Waals surface area contributed by atoms with Crippen LogP contribution >= 0.6 is 11.3 Å². The van der Waals surface area contributed by atoms with Gasteiger partial charge in [0.05, 0.1) is 18.6 Å². The smallest absolute Gasteiger partial charge is 0.309 e. The summed E-state index contributed by atoms with van der Waals surface area (Å²) in [4.78, 5) is 25.8. The SMILES string of the molecule is C[SH](C)(=O)CCOc1cc(N2CCN(CCn3c(=O)sc4c3nc(N)n3nc(-c5ccco5)nc43)CC2)c(F)cc1F. The van der Waals surface area contributed by atoms with Gasteiger partial charge in [-0.2, -0.15) is 9.50 Å². The first-order chi connectivity index (χ1) is 20.1. The number of rotatable bonds is 9. The van der Waals surface area contributed by atoms with Gasteiger partial charge in [-0.1, -0.05) is 11.3 Å². The number of fused-ring (bicyclic) bond motifs is 3. The highest BCUT2D eigenvalue weighted by Crippen LogP contribution is 2.30. The number of nitrogens with two attached hydrogens (primary N) is 1. The molecule has 0 spiro atoms. The summed E-state index contributed by atoms with van der Waals surface area (Å²) in [6.07, 6.45) is 4.80. The lowest BCUT2D eigenvalue weighted by atomic mass is 10.2. The van der Waals surface area contributed by atoms with Gasteiger partial charge in [-0.3, -0.25) is 18.5 Å². The van der Waals surface area contributed by atoms with E-state index in [4.69, 9.17) is 14.9 Å². The number of furan rings is 1. The number of piperazine rings is 1. The van der Waals surface area contributed by atoms with Crippen molar-refractivity contribution in [1.29, 1.82) is 0 Å². The maximum absolute atomic E-state index is 14.7. The van der Waals surface area contributed by atoms with Crippen LogP contribution in [-0.2, 0) is 16.5 Å². The van der Waals surface area contributed by atoms with Crippen molar-refractivity contribution in [2.75, 3.05) is 68.2 Å². The second-order valence-corrected chi connectivity index (χ2v) is 15.1. The van der Waals surface area contributed by atoms with Gasteiger partial charge in [0.15, 0.2) is 28.6 Å². The van der Waals surface area contributed by atoms with Gasteiger partial charge in [0.2, 0.25) is 11.8 Å². The molecule has 5 heterocycles. The van der Waals surface area contributed by atoms with Crippen LogP contribution in [0, 0.1) is 11.6 Å². The van der Waals surface area contributed by atoms with Gasteiger partial charge in [0.1, 0.15) is 10.5 Å². The number of hydrogen-bond acceptors (Lipinski definition) is 11. The zero-order valence-electron chi connectivity index (χ0n) is 23.0. The zero-order valence-corrected chi connectivity index (χ0v) is 24.7. The Hall–Kier alpha value is -3.89. The number of thiazole rings is 1. The van der Waals surface area contributed by atoms with E-state index in [9.17, 15) is 17.8 Å². The number of anilines is 2. The molecule has 4 aromatic heterocycles. The fourth-order valence-electron chi connectivity index (χ4n) is 4.84. The fourth-order valence-corrected chi connectivity index (χ4v) is 6.30. The van der Waals surface area contributed by atoms with Crippen LogP contribution in [0.2, 0.25) is 0 Å². The maximum Gasteiger partial charge on any atom is 0.309 e. The maximum atomic E-state index is 14.7. The second kappa shape index (κ2) is 11.1. The van der Waals surface area contributed by atoms with Crippen molar-refractivity contribution in [3.63, 3.8) is 0 Å². The molecule has 12 nitrogen and oxygen atoms in total. The summed E-state index contributed by atoms with van der Waals surface area (Å²) in [5.74, 6) is -0.290. The molecule has 0 amide bonds. The lowest BCUT2D eigenvalue weighted by Crippen LogP contribution is -2.47. The van der Waals surface area contributed by atoms with E-state index in [1.54, 1.807) is 29.2 Å². The number of ether oxygens (including phenoxy) is 1. The molecule has 0 aliphatic carbocycles. The van der Waals surface area contributed by atoms with Crippen LogP contribution in [0.15, 0.2) is 39.7 Å². The van der Waals surface area contributed by atoms with Crippen molar-refractivity contribution in [1.82, 2.24) is 29.0 Å². The Balaban J connectivity index is 1.13. The number of nitrogens with zero attached hydrogens (tertiary/aromatic N) is 7. The number of nitrogen functional groups attached to an aromatic ring is 1. The Bertz CT molecular complexity index is 1860. The molecule has 6 rings (SSSR count). The van der Waals surface area contributed by atoms with Crippen LogP contribution in [0.5, 0.6) is 5.75 Å². The van der Waals surface area contributed by atoms with Gasteiger partial charge >= 0.3 is 4.87 Å². The molecule has 2 N–H and O–H groups in total. The number of aromatic nitrogens is 5. The summed E-state index contributed by atoms with van der Waals surface area (Å²) in [7, 11) is -2.32. The molecular weight excluding hydrogens is 590 g/mol. The summed E-state index contributed by atoms with van der Waals surface area (Å²) in [6.45, 7) is 3.24. The van der Waals surface area contributed by atoms with Crippen LogP contribution in [0.25, 0.3) is 27.6 Å². The van der Waals surface area contributed by atoms with Crippen molar-refractivity contribution in [3.05, 3.63) is 51.8 Å². The number of halogens is 2. The number of thiol groups is 1. The lowest BCUT2D eigenvalue weighted by Gasteiger charge is -2.36. The van der Waals surface area contributed by atoms with E-state index in [1.165, 1.54) is 16.8 Å². The summed E-state index contributed by atoms with van der Waals surface area (Å²) in [6, 6.07) is 5.66. The number of benzene rings is 1. The summed E-state index contributed by atoms with van der Waals surface area (Å²) in [5.41, 5.74) is 7.30. The third-order valence-electron chi connectivity index (χ3n) is 7.10. The number of hydrogen-bond donors (Lipinski definition) is 2. The van der Waals surface area contributed by atoms with Gasteiger partial charge in [0.25, 0.3) is 0 Å². The molecule has 0 bridgehead atoms. The fraction of sp³-hybridized carbons (Fsp3) is 0.385. The molecule has 1 aliphatic rings. The molecule has 1 saturated heterocycles. The lowest BCUT2D eigenvalue weighted by molar-refractivity contribution is 0.247. The van der Waals surface area contributed by atoms with Gasteiger partial charge in [-0.25, -0.2) is 13.8 Å². The molecule has 0 atom stereocenters. The summed E-state index contributed by atoms with van der Waals surface area (Å²) in [5, 5.41) is 4.38. The highest BCUT2D eigenvalue weighted by atomic mass is 32.2. The normalized spacial score (nSPS) is 15.2. The van der Waals surface area contributed by atoms with Gasteiger partial charge in [-0.05, 0) is 24.6 Å². The first kappa shape index (κ1) is 28.2. The minimum Gasteiger partial charge on any atom is -0.490 e. The van der Waals surface area contributed by atoms with Crippen molar-refractivity contribution in [3.8, 4) is 17.3 Å². The molecule has 1 aliphatic heterocycles. The Kier molecular flexibility index (Phi) is 7.44. The van der Waals surface area contributed by atoms with Crippen LogP contribution in [-0.4, -0.2) is 90.9 Å². The Labute approximate surface area is 243 Å². The van der Waals surface area contributed by atoms with E-state index in [0.717, 1.165) is 17.4 Å². The Morgan fingerprint density at radius 2 is 1.88 bits per heavy atom. The van der Waals surface area contributed by atoms with E-state index in [0.29, 0.717) is 72.6 Å². The first-order valence-corrected chi connectivity index (χ1v) is 16.9. The Morgan fingerprint density at radius 3 is 2.60 bits per heavy atom. The van der Waals surface area contributed by atoms with E-state index in [-0.39, 0.29) is 28.9 Å². The van der Waals surface area contributed by atoms with Crippen molar-refractivity contribution in [2.45, 2.75) is 6.54 Å². The molecule has 0 radical (unpaired) electrons. The summed E-state index contributed by atoms with van der Waals surface area (Å²) < 4.78 is 55.4. The van der Waals surface area contributed by atoms with Crippen LogP contribution in [0.3, 0.4) is 0 Å². The van der Waals surface area contributed by atoms with E-state index >= 15 is 0 Å². The monoisotopic (exact) mass is 620 g/mol. The summed E-state index contributed by atoms with van der Waals surface area (Å²) >= 11 is 1.03. The second-order valence-electron chi connectivity index (χ2n) is 10.5. The molecule has 5 aromatic rings. The van der Waals surface area contributed by atoms with Crippen molar-refractivity contribution in [2.24, 2.45) is 0 Å². The molecular formula is C26H30F2N8O4S2. The van der Waals surface area contributed by atoms with Gasteiger partial charge in [0, 0.05) is 57.2 Å². The molecule has 42 heavy (non-hydrogen) atoms. The minimum absolute atomic E-state index is 0.0594. The largest absolute Gasteiger partial charge is 0.490 e. The predicted octanol–water partition coefficient (Wildman–Crippen LogP) is 2.10. The van der Waals surface area contributed by atoms with Gasteiger partial charge < -0.3 is 19.8 Å². The van der Waals surface area contributed by atoms with E-state index in [1.807, 2.05) is 4.90 Å². The Morgan fingerprint density at radius 1 is 1.10 bits per heavy atom. The highest BCUT2D eigenvalue weighted by molar-refractivity contribution is 8.01. The zero-order chi connectivity index (χ0) is 29.6. The third-order valence-corrected chi connectivity index (χ3v) is 9.32. The van der Waals surface area contributed by atoms with Crippen molar-refractivity contribution < 1.29 is 22.1 Å². The molecule has 0 unspecified atom stereocenters. The third kappa shape index (κ3) is 5.61. The predicted molar refractivity (Wildman–Crippen MR) is 159 cm³/mol. The molecule has 16 heteroatoms. The average molecular weight is 621 g/mol. The molecule has 1 fully saturated rings. The minimum atomic E-state index is -2.32. The highest BCUT2D eigenvalue weighted by Gasteiger charge is 2.24. The van der Waals surface area contributed by atoms with Gasteiger partial charge in [-0.15, -0.1) is 15.0 Å². The average Bonchev–Trinajstić information content (AvgIpc) is 3.68. The van der Waals surface area contributed by atoms with E-state index in [2.05, 4.69) is 20.0 Å². The standard InChI is InChI=1S/C26H30F2N8O4S2/c1-42(2,38)13-12-40-20-15-18(16(27)14-17(20)28)34-8-5-33(6-9-34)7-10-35-23-21(41-26(35)37)24-30-22(19-4-3-11-39-19)32-36(24)25(29)31-23/h3-4,11,14-15,42H,5-10,12-13H2,1-2H3,(H2,29,31). The molecule has 0 saturated carbocycles. The first-order valence-electron chi connectivity index (χ1n) is 13.3. The molecule has 1 aromatic carbocycles. The van der Waals surface area contributed by atoms with E-state index < -0.39 is 21.6 Å². The van der Waals surface area contributed by atoms with Crippen LogP contribution in [0.1, 0.15) is 0 Å². The van der Waals surface area contributed by atoms with Crippen LogP contribution in [0.4, 0.5) is 20.4 Å². The quantitative estimate of drug-likeness (QED) is 0.236. The topological polar surface area (TPSA) is 137 Å². The molecule has 224 valence electrons. The van der Waals surface area contributed by atoms with Crippen LogP contribution < -0.4 is 20.2 Å².